The standard InChI is InChI=1S/C43H47F2N3O7/c1-42(2,3)54-40(50)47-20-18-31(25-47)52-37-16-13-29(22-33(37)28-12-15-35(44)36(45)23-28)39(49)46-30-14-17-38(34(24-30)27-10-8-7-9-11-27)53-32-19-21-48(26-32)41(51)55-43(4,5)6/h7-17,22-24,31-32H,18-21,25-26H2,1-6H3,(H,46,49)/t31-,32-/m0/s1. The summed E-state index contributed by atoms with van der Waals surface area (Å²) in [5, 5.41) is 2.96. The Balaban J connectivity index is 1.22. The third-order valence-electron chi connectivity index (χ3n) is 8.98. The van der Waals surface area contributed by atoms with Crippen molar-refractivity contribution < 1.29 is 42.1 Å². The molecular weight excluding hydrogens is 708 g/mol. The van der Waals surface area contributed by atoms with E-state index >= 15 is 0 Å². The number of ether oxygens (including phenoxy) is 4. The van der Waals surface area contributed by atoms with Crippen molar-refractivity contribution in [3.05, 3.63) is 102 Å². The third-order valence-corrected chi connectivity index (χ3v) is 8.98. The first-order chi connectivity index (χ1) is 26.0. The molecule has 1 N–H and O–H groups in total. The second kappa shape index (κ2) is 16.0. The zero-order valence-electron chi connectivity index (χ0n) is 32.0. The summed E-state index contributed by atoms with van der Waals surface area (Å²) in [5.74, 6) is -1.54. The predicted octanol–water partition coefficient (Wildman–Crippen LogP) is 9.33. The van der Waals surface area contributed by atoms with E-state index in [9.17, 15) is 23.2 Å². The van der Waals surface area contributed by atoms with Gasteiger partial charge in [0.25, 0.3) is 5.91 Å². The summed E-state index contributed by atoms with van der Waals surface area (Å²) < 4.78 is 52.3. The minimum Gasteiger partial charge on any atom is -0.488 e. The first-order valence-corrected chi connectivity index (χ1v) is 18.4. The molecule has 3 amide bonds. The number of likely N-dealkylation sites (tertiary alicyclic amines) is 2. The number of carbonyl (C=O) groups excluding carboxylic acids is 3. The number of nitrogens with zero attached hydrogens (tertiary/aromatic N) is 2. The molecule has 4 aromatic rings. The number of nitrogens with one attached hydrogen (secondary N) is 1. The van der Waals surface area contributed by atoms with Gasteiger partial charge in [0.15, 0.2) is 11.6 Å². The molecule has 12 heteroatoms. The van der Waals surface area contributed by atoms with E-state index in [0.29, 0.717) is 60.8 Å². The Kier molecular flexibility index (Phi) is 11.4. The average Bonchev–Trinajstić information content (AvgIpc) is 3.80. The maximum Gasteiger partial charge on any atom is 0.410 e. The van der Waals surface area contributed by atoms with Crippen molar-refractivity contribution in [2.45, 2.75) is 77.8 Å². The number of halogens is 2. The summed E-state index contributed by atoms with van der Waals surface area (Å²) >= 11 is 0. The van der Waals surface area contributed by atoms with Crippen molar-refractivity contribution in [1.29, 1.82) is 0 Å². The molecule has 0 unspecified atom stereocenters. The molecular formula is C43H47F2N3O7. The molecule has 0 bridgehead atoms. The van der Waals surface area contributed by atoms with Gasteiger partial charge in [-0.15, -0.1) is 0 Å². The second-order valence-corrected chi connectivity index (χ2v) is 15.8. The van der Waals surface area contributed by atoms with Crippen molar-refractivity contribution in [2.24, 2.45) is 0 Å². The normalized spacial score (nSPS) is 17.2. The zero-order chi connectivity index (χ0) is 39.5. The van der Waals surface area contributed by atoms with Crippen LogP contribution in [-0.4, -0.2) is 77.5 Å². The molecule has 0 spiro atoms. The van der Waals surface area contributed by atoms with Crippen LogP contribution in [-0.2, 0) is 9.47 Å². The summed E-state index contributed by atoms with van der Waals surface area (Å²) in [6.45, 7) is 12.5. The number of anilines is 1. The van der Waals surface area contributed by atoms with Gasteiger partial charge in [0.2, 0.25) is 0 Å². The molecule has 2 fully saturated rings. The van der Waals surface area contributed by atoms with Gasteiger partial charge in [-0.2, -0.15) is 0 Å². The van der Waals surface area contributed by atoms with E-state index < -0.39 is 40.9 Å². The molecule has 2 heterocycles. The van der Waals surface area contributed by atoms with Crippen molar-refractivity contribution >= 4 is 23.8 Å². The molecule has 0 radical (unpaired) electrons. The van der Waals surface area contributed by atoms with Crippen molar-refractivity contribution in [1.82, 2.24) is 9.80 Å². The minimum absolute atomic E-state index is 0.253. The Morgan fingerprint density at radius 1 is 0.636 bits per heavy atom. The lowest BCUT2D eigenvalue weighted by molar-refractivity contribution is 0.0266. The molecule has 0 saturated carbocycles. The molecule has 0 aliphatic carbocycles. The lowest BCUT2D eigenvalue weighted by Gasteiger charge is -2.24. The number of rotatable bonds is 8. The van der Waals surface area contributed by atoms with E-state index in [4.69, 9.17) is 18.9 Å². The summed E-state index contributed by atoms with van der Waals surface area (Å²) in [4.78, 5) is 42.3. The first kappa shape index (κ1) is 39.1. The Bertz CT molecular complexity index is 2040. The van der Waals surface area contributed by atoms with Gasteiger partial charge in [0.05, 0.1) is 13.1 Å². The zero-order valence-corrected chi connectivity index (χ0v) is 32.0. The molecule has 4 aromatic carbocycles. The Morgan fingerprint density at radius 2 is 1.18 bits per heavy atom. The van der Waals surface area contributed by atoms with E-state index in [1.165, 1.54) is 6.07 Å². The number of carbonyl (C=O) groups is 3. The minimum atomic E-state index is -1.04. The SMILES string of the molecule is CC(C)(C)OC(=O)N1CC[C@H](Oc2ccc(NC(=O)c3ccc(O[C@H]4CCN(C(=O)OC(C)(C)C)C4)c(-c4ccc(F)c(F)c4)c3)cc2-c2ccccc2)C1. The quantitative estimate of drug-likeness (QED) is 0.191. The van der Waals surface area contributed by atoms with Crippen molar-refractivity contribution in [3.63, 3.8) is 0 Å². The fourth-order valence-corrected chi connectivity index (χ4v) is 6.41. The maximum atomic E-state index is 14.5. The predicted molar refractivity (Wildman–Crippen MR) is 205 cm³/mol. The van der Waals surface area contributed by atoms with E-state index in [1.807, 2.05) is 57.2 Å². The monoisotopic (exact) mass is 755 g/mol. The van der Waals surface area contributed by atoms with Gasteiger partial charge in [-0.25, -0.2) is 18.4 Å². The second-order valence-electron chi connectivity index (χ2n) is 15.8. The van der Waals surface area contributed by atoms with Crippen LogP contribution in [0.3, 0.4) is 0 Å². The topological polar surface area (TPSA) is 107 Å². The van der Waals surface area contributed by atoms with Gasteiger partial charge in [0, 0.05) is 48.3 Å². The van der Waals surface area contributed by atoms with Gasteiger partial charge in [0.1, 0.15) is 34.9 Å². The van der Waals surface area contributed by atoms with Gasteiger partial charge in [-0.3, -0.25) is 4.79 Å². The van der Waals surface area contributed by atoms with Crippen LogP contribution in [0.5, 0.6) is 11.5 Å². The molecule has 290 valence electrons. The Labute approximate surface area is 320 Å². The number of hydrogen-bond donors (Lipinski definition) is 1. The van der Waals surface area contributed by atoms with Crippen molar-refractivity contribution in [3.8, 4) is 33.8 Å². The van der Waals surface area contributed by atoms with E-state index in [2.05, 4.69) is 5.32 Å². The highest BCUT2D eigenvalue weighted by Gasteiger charge is 2.33. The largest absolute Gasteiger partial charge is 0.488 e. The highest BCUT2D eigenvalue weighted by Crippen LogP contribution is 2.37. The maximum absolute atomic E-state index is 14.5. The third kappa shape index (κ3) is 10.1. The lowest BCUT2D eigenvalue weighted by atomic mass is 10.0. The molecule has 2 aliphatic rings. The van der Waals surface area contributed by atoms with Gasteiger partial charge < -0.3 is 34.1 Å². The summed E-state index contributed by atoms with van der Waals surface area (Å²) in [6.07, 6.45) is -0.298. The van der Waals surface area contributed by atoms with Crippen LogP contribution in [0.4, 0.5) is 24.1 Å². The van der Waals surface area contributed by atoms with E-state index in [-0.39, 0.29) is 24.3 Å². The fraction of sp³-hybridized carbons (Fsp3) is 0.372. The number of hydrogen-bond acceptors (Lipinski definition) is 7. The van der Waals surface area contributed by atoms with E-state index in [1.54, 1.807) is 60.9 Å². The molecule has 2 aliphatic heterocycles. The van der Waals surface area contributed by atoms with Gasteiger partial charge in [-0.05, 0) is 101 Å². The molecule has 55 heavy (non-hydrogen) atoms. The first-order valence-electron chi connectivity index (χ1n) is 18.4. The summed E-state index contributed by atoms with van der Waals surface area (Å²) in [6, 6.07) is 23.3. The van der Waals surface area contributed by atoms with Crippen LogP contribution in [0.1, 0.15) is 64.7 Å². The van der Waals surface area contributed by atoms with Gasteiger partial charge in [-0.1, -0.05) is 36.4 Å². The summed E-state index contributed by atoms with van der Waals surface area (Å²) in [7, 11) is 0. The van der Waals surface area contributed by atoms with Crippen molar-refractivity contribution in [2.75, 3.05) is 31.5 Å². The molecule has 0 aromatic heterocycles. The Hall–Kier alpha value is -5.65. The van der Waals surface area contributed by atoms with E-state index in [0.717, 1.165) is 23.3 Å². The smallest absolute Gasteiger partial charge is 0.410 e. The molecule has 10 nitrogen and oxygen atoms in total. The fourth-order valence-electron chi connectivity index (χ4n) is 6.41. The van der Waals surface area contributed by atoms with Crippen LogP contribution >= 0.6 is 0 Å². The lowest BCUT2D eigenvalue weighted by Crippen LogP contribution is -2.36. The molecule has 6 rings (SSSR count). The molecule has 2 saturated heterocycles. The van der Waals surface area contributed by atoms with Crippen LogP contribution in [0.25, 0.3) is 22.3 Å². The summed E-state index contributed by atoms with van der Waals surface area (Å²) in [5.41, 5.74) is 1.82. The average molecular weight is 756 g/mol. The highest BCUT2D eigenvalue weighted by atomic mass is 19.2. The van der Waals surface area contributed by atoms with Crippen LogP contribution in [0, 0.1) is 11.6 Å². The van der Waals surface area contributed by atoms with Crippen LogP contribution < -0.4 is 14.8 Å². The molecule has 2 atom stereocenters. The van der Waals surface area contributed by atoms with Gasteiger partial charge >= 0.3 is 12.2 Å². The van der Waals surface area contributed by atoms with Crippen LogP contribution in [0.2, 0.25) is 0 Å². The number of benzene rings is 4. The number of amides is 3. The van der Waals surface area contributed by atoms with Crippen LogP contribution in [0.15, 0.2) is 84.9 Å². The Morgan fingerprint density at radius 3 is 1.73 bits per heavy atom. The highest BCUT2D eigenvalue weighted by molar-refractivity contribution is 6.05.